The maximum Gasteiger partial charge on any atom is 0.271 e. The molecule has 0 aromatic heterocycles. The average Bonchev–Trinajstić information content (AvgIpc) is 2.82. The first kappa shape index (κ1) is 24.1. The molecule has 0 heterocycles. The highest BCUT2D eigenvalue weighted by atomic mass is 79.9. The monoisotopic (exact) mass is 512 g/mol. The molecular weight excluding hydrogens is 488 g/mol. The van der Waals surface area contributed by atoms with Gasteiger partial charge in [-0.1, -0.05) is 30.3 Å². The molecule has 0 aliphatic rings. The van der Waals surface area contributed by atoms with Gasteiger partial charge in [0, 0.05) is 5.56 Å². The first-order chi connectivity index (χ1) is 16.0. The summed E-state index contributed by atoms with van der Waals surface area (Å²) >= 11 is 3.28. The van der Waals surface area contributed by atoms with Crippen LogP contribution in [0.1, 0.15) is 35.3 Å². The van der Waals surface area contributed by atoms with E-state index in [0.29, 0.717) is 52.7 Å². The van der Waals surface area contributed by atoms with E-state index >= 15 is 0 Å². The smallest absolute Gasteiger partial charge is 0.271 e. The number of benzene rings is 3. The number of hydrazone groups is 1. The summed E-state index contributed by atoms with van der Waals surface area (Å²) in [6, 6.07) is 18.1. The molecule has 8 heteroatoms. The van der Waals surface area contributed by atoms with Crippen molar-refractivity contribution in [2.75, 3.05) is 13.2 Å². The molecule has 0 fully saturated rings. The molecule has 1 amide bonds. The summed E-state index contributed by atoms with van der Waals surface area (Å²) in [6.07, 6.45) is 1.46. The van der Waals surface area contributed by atoms with Crippen molar-refractivity contribution in [3.63, 3.8) is 0 Å². The number of ether oxygens (including phenoxy) is 3. The molecule has 172 valence electrons. The third-order valence-electron chi connectivity index (χ3n) is 4.47. The Kier molecular flexibility index (Phi) is 8.71. The highest BCUT2D eigenvalue weighted by Crippen LogP contribution is 2.35. The van der Waals surface area contributed by atoms with Crippen molar-refractivity contribution < 1.29 is 24.1 Å². The number of hydrogen-bond donors (Lipinski definition) is 2. The van der Waals surface area contributed by atoms with Crippen molar-refractivity contribution in [3.8, 4) is 23.0 Å². The highest BCUT2D eigenvalue weighted by Gasteiger charge is 2.12. The molecule has 0 saturated heterocycles. The first-order valence-corrected chi connectivity index (χ1v) is 11.2. The van der Waals surface area contributed by atoms with Crippen LogP contribution in [0, 0.1) is 0 Å². The number of hydrogen-bond acceptors (Lipinski definition) is 6. The maximum absolute atomic E-state index is 12.6. The molecular formula is C25H25BrN2O5. The van der Waals surface area contributed by atoms with Crippen molar-refractivity contribution in [2.24, 2.45) is 5.10 Å². The molecule has 3 rings (SSSR count). The first-order valence-electron chi connectivity index (χ1n) is 10.4. The van der Waals surface area contributed by atoms with Crippen molar-refractivity contribution in [2.45, 2.75) is 20.5 Å². The van der Waals surface area contributed by atoms with Gasteiger partial charge in [-0.3, -0.25) is 4.79 Å². The Morgan fingerprint density at radius 3 is 2.42 bits per heavy atom. The van der Waals surface area contributed by atoms with Gasteiger partial charge in [0.1, 0.15) is 6.61 Å². The molecule has 0 bridgehead atoms. The second kappa shape index (κ2) is 11.9. The number of halogens is 1. The van der Waals surface area contributed by atoms with Gasteiger partial charge in [-0.15, -0.1) is 0 Å². The lowest BCUT2D eigenvalue weighted by Gasteiger charge is -2.13. The van der Waals surface area contributed by atoms with Crippen molar-refractivity contribution >= 4 is 28.1 Å². The second-order valence-electron chi connectivity index (χ2n) is 6.85. The van der Waals surface area contributed by atoms with E-state index in [1.54, 1.807) is 30.3 Å². The van der Waals surface area contributed by atoms with Crippen LogP contribution in [0.25, 0.3) is 0 Å². The van der Waals surface area contributed by atoms with Crippen LogP contribution in [0.2, 0.25) is 0 Å². The van der Waals surface area contributed by atoms with Gasteiger partial charge in [0.2, 0.25) is 0 Å². The molecule has 3 aromatic rings. The van der Waals surface area contributed by atoms with E-state index in [0.717, 1.165) is 5.56 Å². The Morgan fingerprint density at radius 1 is 0.970 bits per heavy atom. The number of aromatic hydroxyl groups is 1. The SMILES string of the molecule is CCOc1cc(C(=O)N/N=C/c2cc(Br)c(O)c(OCC)c2)ccc1OCc1ccccc1. The van der Waals surface area contributed by atoms with Crippen LogP contribution in [-0.2, 0) is 6.61 Å². The van der Waals surface area contributed by atoms with E-state index in [4.69, 9.17) is 14.2 Å². The molecule has 0 saturated carbocycles. The molecule has 0 spiro atoms. The number of phenolic OH excluding ortho intramolecular Hbond substituents is 1. The van der Waals surface area contributed by atoms with Crippen LogP contribution in [0.4, 0.5) is 0 Å². The van der Waals surface area contributed by atoms with Crippen LogP contribution in [0.3, 0.4) is 0 Å². The molecule has 0 radical (unpaired) electrons. The number of nitrogens with zero attached hydrogens (tertiary/aromatic N) is 1. The third-order valence-corrected chi connectivity index (χ3v) is 5.08. The second-order valence-corrected chi connectivity index (χ2v) is 7.70. The predicted molar refractivity (Wildman–Crippen MR) is 130 cm³/mol. The minimum absolute atomic E-state index is 0.0102. The summed E-state index contributed by atoms with van der Waals surface area (Å²) < 4.78 is 17.4. The molecule has 0 aliphatic heterocycles. The van der Waals surface area contributed by atoms with E-state index < -0.39 is 5.91 Å². The maximum atomic E-state index is 12.6. The Morgan fingerprint density at radius 2 is 1.70 bits per heavy atom. The highest BCUT2D eigenvalue weighted by molar-refractivity contribution is 9.10. The topological polar surface area (TPSA) is 89.4 Å². The normalized spacial score (nSPS) is 10.8. The number of carbonyl (C=O) groups excluding carboxylic acids is 1. The van der Waals surface area contributed by atoms with Gasteiger partial charge in [-0.2, -0.15) is 5.10 Å². The Hall–Kier alpha value is -3.52. The zero-order valence-electron chi connectivity index (χ0n) is 18.4. The fourth-order valence-electron chi connectivity index (χ4n) is 2.94. The third kappa shape index (κ3) is 6.73. The fourth-order valence-corrected chi connectivity index (χ4v) is 3.40. The zero-order chi connectivity index (χ0) is 23.6. The van der Waals surface area contributed by atoms with Gasteiger partial charge in [0.15, 0.2) is 23.0 Å². The largest absolute Gasteiger partial charge is 0.503 e. The van der Waals surface area contributed by atoms with Gasteiger partial charge in [-0.25, -0.2) is 5.43 Å². The van der Waals surface area contributed by atoms with Gasteiger partial charge >= 0.3 is 0 Å². The van der Waals surface area contributed by atoms with Crippen molar-refractivity contribution in [1.82, 2.24) is 5.43 Å². The molecule has 7 nitrogen and oxygen atoms in total. The molecule has 33 heavy (non-hydrogen) atoms. The molecule has 0 unspecified atom stereocenters. The van der Waals surface area contributed by atoms with E-state index in [-0.39, 0.29) is 5.75 Å². The quantitative estimate of drug-likeness (QED) is 0.284. The summed E-state index contributed by atoms with van der Waals surface area (Å²) in [5.41, 5.74) is 4.55. The van der Waals surface area contributed by atoms with Gasteiger partial charge in [-0.05, 0) is 71.2 Å². The summed E-state index contributed by atoms with van der Waals surface area (Å²) in [7, 11) is 0. The van der Waals surface area contributed by atoms with Gasteiger partial charge < -0.3 is 19.3 Å². The number of nitrogens with one attached hydrogen (secondary N) is 1. The number of amides is 1. The van der Waals surface area contributed by atoms with E-state index in [1.807, 2.05) is 44.2 Å². The lowest BCUT2D eigenvalue weighted by Crippen LogP contribution is -2.17. The van der Waals surface area contributed by atoms with Crippen LogP contribution < -0.4 is 19.6 Å². The minimum Gasteiger partial charge on any atom is -0.503 e. The zero-order valence-corrected chi connectivity index (χ0v) is 20.0. The van der Waals surface area contributed by atoms with Gasteiger partial charge in [0.05, 0.1) is 23.9 Å². The summed E-state index contributed by atoms with van der Waals surface area (Å²) in [5, 5.41) is 14.0. The van der Waals surface area contributed by atoms with Crippen LogP contribution >= 0.6 is 15.9 Å². The van der Waals surface area contributed by atoms with E-state index in [1.165, 1.54) is 6.21 Å². The van der Waals surface area contributed by atoms with Crippen molar-refractivity contribution in [3.05, 3.63) is 81.8 Å². The number of rotatable bonds is 10. The lowest BCUT2D eigenvalue weighted by atomic mass is 10.2. The van der Waals surface area contributed by atoms with Crippen LogP contribution in [0.5, 0.6) is 23.0 Å². The van der Waals surface area contributed by atoms with Crippen LogP contribution in [0.15, 0.2) is 70.2 Å². The van der Waals surface area contributed by atoms with Crippen LogP contribution in [-0.4, -0.2) is 30.4 Å². The predicted octanol–water partition coefficient (Wildman–Crippen LogP) is 5.30. The van der Waals surface area contributed by atoms with E-state index in [2.05, 4.69) is 26.5 Å². The Bertz CT molecular complexity index is 1120. The Balaban J connectivity index is 1.68. The van der Waals surface area contributed by atoms with Crippen molar-refractivity contribution in [1.29, 1.82) is 0 Å². The fraction of sp³-hybridized carbons (Fsp3) is 0.200. The van der Waals surface area contributed by atoms with Gasteiger partial charge in [0.25, 0.3) is 5.91 Å². The summed E-state index contributed by atoms with van der Waals surface area (Å²) in [6.45, 7) is 4.92. The number of carbonyl (C=O) groups is 1. The average molecular weight is 513 g/mol. The summed E-state index contributed by atoms with van der Waals surface area (Å²) in [4.78, 5) is 12.6. The standard InChI is InChI=1S/C25H25BrN2O5/c1-3-31-22-14-19(10-11-21(22)33-16-17-8-6-5-7-9-17)25(30)28-27-15-18-12-20(26)24(29)23(13-18)32-4-2/h5-15,29H,3-4,16H2,1-2H3,(H,28,30)/b27-15+. The minimum atomic E-state index is -0.398. The lowest BCUT2D eigenvalue weighted by molar-refractivity contribution is 0.0954. The number of phenols is 1. The molecule has 0 aliphatic carbocycles. The summed E-state index contributed by atoms with van der Waals surface area (Å²) in [5.74, 6) is 0.972. The molecule has 3 aromatic carbocycles. The Labute approximate surface area is 201 Å². The van der Waals surface area contributed by atoms with E-state index in [9.17, 15) is 9.90 Å². The molecule has 2 N–H and O–H groups in total. The molecule has 0 atom stereocenters.